The van der Waals surface area contributed by atoms with E-state index in [4.69, 9.17) is 25.8 Å². The van der Waals surface area contributed by atoms with Crippen LogP contribution in [-0.4, -0.2) is 79.8 Å². The van der Waals surface area contributed by atoms with E-state index in [1.807, 2.05) is 6.07 Å². The third-order valence-corrected chi connectivity index (χ3v) is 13.0. The molecule has 2 aromatic carbocycles. The first-order valence-corrected chi connectivity index (χ1v) is 18.8. The van der Waals surface area contributed by atoms with Crippen molar-refractivity contribution in [3.05, 3.63) is 76.6 Å². The summed E-state index contributed by atoms with van der Waals surface area (Å²) in [6, 6.07) is 13.0. The summed E-state index contributed by atoms with van der Waals surface area (Å²) in [5.41, 5.74) is 3.34. The second-order valence-corrected chi connectivity index (χ2v) is 16.6. The Morgan fingerprint density at radius 3 is 2.77 bits per heavy atom. The van der Waals surface area contributed by atoms with Crippen molar-refractivity contribution in [1.29, 1.82) is 0 Å². The van der Waals surface area contributed by atoms with Crippen molar-refractivity contribution in [3.8, 4) is 5.75 Å². The summed E-state index contributed by atoms with van der Waals surface area (Å²) < 4.78 is 45.0. The van der Waals surface area contributed by atoms with Gasteiger partial charge in [-0.2, -0.15) is 0 Å². The molecule has 3 heterocycles. The number of benzene rings is 2. The van der Waals surface area contributed by atoms with Crippen molar-refractivity contribution in [1.82, 2.24) is 9.97 Å². The zero-order valence-electron chi connectivity index (χ0n) is 27.1. The Morgan fingerprint density at radius 1 is 1.17 bits per heavy atom. The molecule has 256 valence electrons. The SMILES string of the molecule is C[C@H](CO[C@H]1CCO[C@H]([C@@H]2CC[C@H]2CN2CC3(CCCc4cc(Cl)ccc43)COc3ccc(C(=O)O)cc32)C1)S(=O)(=O)c1ncccn1. The molecule has 48 heavy (non-hydrogen) atoms. The molecule has 0 radical (unpaired) electrons. The Morgan fingerprint density at radius 2 is 2.00 bits per heavy atom. The topological polar surface area (TPSA) is 128 Å². The molecule has 7 rings (SSSR count). The third-order valence-electron chi connectivity index (χ3n) is 10.9. The highest BCUT2D eigenvalue weighted by Crippen LogP contribution is 2.47. The predicted octanol–water partition coefficient (Wildman–Crippen LogP) is 5.75. The van der Waals surface area contributed by atoms with Crippen LogP contribution in [0.4, 0.5) is 5.69 Å². The molecule has 3 aromatic rings. The van der Waals surface area contributed by atoms with Crippen LogP contribution in [0.5, 0.6) is 5.75 Å². The van der Waals surface area contributed by atoms with E-state index in [9.17, 15) is 18.3 Å². The van der Waals surface area contributed by atoms with Gasteiger partial charge in [0.25, 0.3) is 0 Å². The molecule has 1 unspecified atom stereocenters. The molecule has 12 heteroatoms. The zero-order valence-corrected chi connectivity index (χ0v) is 28.7. The summed E-state index contributed by atoms with van der Waals surface area (Å²) in [7, 11) is -3.69. The highest BCUT2D eigenvalue weighted by molar-refractivity contribution is 7.91. The van der Waals surface area contributed by atoms with E-state index in [1.165, 1.54) is 23.5 Å². The molecule has 6 atom stereocenters. The summed E-state index contributed by atoms with van der Waals surface area (Å²) in [6.45, 7) is 4.25. The van der Waals surface area contributed by atoms with Gasteiger partial charge in [-0.25, -0.2) is 23.2 Å². The lowest BCUT2D eigenvalue weighted by molar-refractivity contribution is -0.116. The van der Waals surface area contributed by atoms with Gasteiger partial charge in [-0.15, -0.1) is 0 Å². The number of nitrogens with zero attached hydrogens (tertiary/aromatic N) is 3. The molecule has 4 aliphatic rings. The minimum Gasteiger partial charge on any atom is -0.490 e. The normalized spacial score (nSPS) is 27.6. The molecular weight excluding hydrogens is 654 g/mol. The second-order valence-electron chi connectivity index (χ2n) is 13.9. The van der Waals surface area contributed by atoms with Gasteiger partial charge < -0.3 is 24.2 Å². The maximum Gasteiger partial charge on any atom is 0.335 e. The van der Waals surface area contributed by atoms with Gasteiger partial charge >= 0.3 is 5.97 Å². The van der Waals surface area contributed by atoms with E-state index < -0.39 is 21.1 Å². The first-order chi connectivity index (χ1) is 23.1. The standard InChI is InChI=1S/C36H42ClN3O7S/c1-23(48(43,44)35-38-13-3-14-39-35)20-46-28-11-15-45-33(18-28)29-8-5-26(29)19-40-21-36(12-2-4-24-16-27(37)7-9-30(24)36)22-47-32-10-6-25(34(41)42)17-31(32)40/h3,6-7,9-10,13-14,16-17,23,26,28-29,33H,2,4-5,8,11-12,15,18-22H2,1H3,(H,41,42)/t23-,26+,28+,29-,33+,36?/m1/s1. The van der Waals surface area contributed by atoms with Crippen LogP contribution in [0.15, 0.2) is 60.0 Å². The lowest BCUT2D eigenvalue weighted by atomic mass is 9.67. The van der Waals surface area contributed by atoms with Crippen molar-refractivity contribution in [3.63, 3.8) is 0 Å². The molecule has 2 aliphatic heterocycles. The average molecular weight is 696 g/mol. The molecule has 1 aromatic heterocycles. The predicted molar refractivity (Wildman–Crippen MR) is 181 cm³/mol. The number of hydrogen-bond acceptors (Lipinski definition) is 9. The van der Waals surface area contributed by atoms with Gasteiger partial charge in [-0.1, -0.05) is 17.7 Å². The van der Waals surface area contributed by atoms with Gasteiger partial charge in [0.1, 0.15) is 5.75 Å². The Bertz CT molecular complexity index is 1760. The first-order valence-electron chi connectivity index (χ1n) is 16.9. The largest absolute Gasteiger partial charge is 0.490 e. The van der Waals surface area contributed by atoms with Crippen LogP contribution in [0.2, 0.25) is 5.02 Å². The monoisotopic (exact) mass is 695 g/mol. The van der Waals surface area contributed by atoms with E-state index >= 15 is 0 Å². The number of aryl methyl sites for hydroxylation is 1. The number of anilines is 1. The number of carboxylic acids is 1. The number of aromatic nitrogens is 2. The van der Waals surface area contributed by atoms with Crippen LogP contribution >= 0.6 is 11.6 Å². The summed E-state index contributed by atoms with van der Waals surface area (Å²) in [5, 5.41) is 9.64. The minimum atomic E-state index is -3.69. The van der Waals surface area contributed by atoms with E-state index in [0.29, 0.717) is 43.6 Å². The number of hydrogen-bond donors (Lipinski definition) is 1. The Balaban J connectivity index is 1.07. The van der Waals surface area contributed by atoms with Crippen molar-refractivity contribution < 1.29 is 32.5 Å². The van der Waals surface area contributed by atoms with Gasteiger partial charge in [0.2, 0.25) is 15.0 Å². The van der Waals surface area contributed by atoms with Gasteiger partial charge in [-0.3, -0.25) is 0 Å². The van der Waals surface area contributed by atoms with Gasteiger partial charge in [-0.05, 0) is 105 Å². The molecule has 1 N–H and O–H groups in total. The quantitative estimate of drug-likeness (QED) is 0.276. The number of carbonyl (C=O) groups is 1. The van der Waals surface area contributed by atoms with Gasteiger partial charge in [0.15, 0.2) is 0 Å². The van der Waals surface area contributed by atoms with E-state index in [2.05, 4.69) is 27.0 Å². The van der Waals surface area contributed by atoms with E-state index in [-0.39, 0.29) is 34.9 Å². The summed E-state index contributed by atoms with van der Waals surface area (Å²) >= 11 is 6.41. The lowest BCUT2D eigenvalue weighted by Gasteiger charge is -2.47. The van der Waals surface area contributed by atoms with Crippen LogP contribution < -0.4 is 9.64 Å². The maximum atomic E-state index is 12.9. The summed E-state index contributed by atoms with van der Waals surface area (Å²) in [4.78, 5) is 22.3. The fourth-order valence-corrected chi connectivity index (χ4v) is 9.29. The first kappa shape index (κ1) is 33.3. The van der Waals surface area contributed by atoms with Crippen LogP contribution in [0, 0.1) is 11.8 Å². The molecule has 2 fully saturated rings. The van der Waals surface area contributed by atoms with Crippen molar-refractivity contribution in [2.75, 3.05) is 37.8 Å². The average Bonchev–Trinajstić information content (AvgIpc) is 3.22. The van der Waals surface area contributed by atoms with Gasteiger partial charge in [0.05, 0.1) is 41.9 Å². The Kier molecular flexibility index (Phi) is 9.40. The van der Waals surface area contributed by atoms with E-state index in [1.54, 1.807) is 31.2 Å². The van der Waals surface area contributed by atoms with Crippen molar-refractivity contribution in [2.45, 2.75) is 79.9 Å². The van der Waals surface area contributed by atoms with Crippen LogP contribution in [0.1, 0.15) is 66.9 Å². The summed E-state index contributed by atoms with van der Waals surface area (Å²) in [6.07, 6.45) is 9.25. The van der Waals surface area contributed by atoms with Crippen LogP contribution in [0.3, 0.4) is 0 Å². The maximum absolute atomic E-state index is 12.9. The number of rotatable bonds is 9. The Labute approximate surface area is 286 Å². The minimum absolute atomic E-state index is 0.00595. The molecule has 1 spiro atoms. The lowest BCUT2D eigenvalue weighted by Crippen LogP contribution is -2.51. The molecule has 1 saturated heterocycles. The number of carboxylic acid groups (broad SMARTS) is 1. The van der Waals surface area contributed by atoms with Crippen LogP contribution in [0.25, 0.3) is 0 Å². The molecule has 1 saturated carbocycles. The second kappa shape index (κ2) is 13.6. The smallest absolute Gasteiger partial charge is 0.335 e. The third kappa shape index (κ3) is 6.54. The number of halogens is 1. The number of aromatic carboxylic acids is 1. The molecule has 10 nitrogen and oxygen atoms in total. The van der Waals surface area contributed by atoms with Crippen LogP contribution in [-0.2, 0) is 31.1 Å². The fourth-order valence-electron chi connectivity index (χ4n) is 8.06. The zero-order chi connectivity index (χ0) is 33.5. The number of fused-ring (bicyclic) bond motifs is 3. The fraction of sp³-hybridized carbons (Fsp3) is 0.528. The number of ether oxygens (including phenoxy) is 3. The van der Waals surface area contributed by atoms with Crippen molar-refractivity contribution >= 4 is 33.1 Å². The summed E-state index contributed by atoms with van der Waals surface area (Å²) in [5.74, 6) is 0.407. The molecule has 0 bridgehead atoms. The highest BCUT2D eigenvalue weighted by atomic mass is 35.5. The van der Waals surface area contributed by atoms with E-state index in [0.717, 1.165) is 55.9 Å². The van der Waals surface area contributed by atoms with Gasteiger partial charge in [0, 0.05) is 48.9 Å². The number of sulfone groups is 1. The molecular formula is C36H42ClN3O7S. The Hall–Kier alpha value is -3.25. The van der Waals surface area contributed by atoms with Crippen molar-refractivity contribution in [2.24, 2.45) is 11.8 Å². The molecule has 2 aliphatic carbocycles. The highest BCUT2D eigenvalue weighted by Gasteiger charge is 2.45. The molecule has 0 amide bonds.